The van der Waals surface area contributed by atoms with Crippen molar-refractivity contribution >= 4 is 11.8 Å². The summed E-state index contributed by atoms with van der Waals surface area (Å²) in [5.74, 6) is 0. The minimum absolute atomic E-state index is 0.423. The number of hydrogen-bond acceptors (Lipinski definition) is 4. The zero-order valence-electron chi connectivity index (χ0n) is 9.86. The summed E-state index contributed by atoms with van der Waals surface area (Å²) in [7, 11) is 0. The number of nitrogens with zero attached hydrogens (tertiary/aromatic N) is 2. The second-order valence-electron chi connectivity index (χ2n) is 4.47. The zero-order chi connectivity index (χ0) is 12.2. The summed E-state index contributed by atoms with van der Waals surface area (Å²) in [5.41, 5.74) is 5.63. The molecule has 0 bridgehead atoms. The van der Waals surface area contributed by atoms with Crippen molar-refractivity contribution in [3.63, 3.8) is 0 Å². The van der Waals surface area contributed by atoms with Crippen LogP contribution in [0.4, 0.5) is 10.5 Å². The lowest BCUT2D eigenvalue weighted by molar-refractivity contribution is 0.0525. The number of rotatable bonds is 3. The number of nitrogens with two attached hydrogens (primary N) is 1. The van der Waals surface area contributed by atoms with Crippen molar-refractivity contribution in [3.05, 3.63) is 12.4 Å². The topological polar surface area (TPSA) is 82.2 Å². The van der Waals surface area contributed by atoms with Crippen molar-refractivity contribution in [1.29, 1.82) is 0 Å². The van der Waals surface area contributed by atoms with Gasteiger partial charge >= 0.3 is 6.09 Å². The van der Waals surface area contributed by atoms with Crippen molar-refractivity contribution in [2.75, 3.05) is 12.3 Å². The van der Waals surface area contributed by atoms with Crippen LogP contribution in [-0.4, -0.2) is 28.0 Å². The summed E-state index contributed by atoms with van der Waals surface area (Å²) in [5, 5.41) is 6.62. The first-order valence-corrected chi connectivity index (χ1v) is 5.11. The van der Waals surface area contributed by atoms with Crippen LogP contribution in [0.5, 0.6) is 0 Å². The normalized spacial score (nSPS) is 11.2. The van der Waals surface area contributed by atoms with Crippen LogP contribution >= 0.6 is 0 Å². The van der Waals surface area contributed by atoms with Crippen LogP contribution in [0.1, 0.15) is 20.8 Å². The Labute approximate surface area is 94.8 Å². The summed E-state index contributed by atoms with van der Waals surface area (Å²) < 4.78 is 6.74. The Bertz CT molecular complexity index is 354. The minimum Gasteiger partial charge on any atom is -0.444 e. The molecule has 16 heavy (non-hydrogen) atoms. The largest absolute Gasteiger partial charge is 0.444 e. The molecule has 6 nitrogen and oxygen atoms in total. The number of carbonyl (C=O) groups is 1. The SMILES string of the molecule is CC(C)(C)OC(=O)NCCn1cc(N)cn1. The van der Waals surface area contributed by atoms with Gasteiger partial charge in [0.15, 0.2) is 0 Å². The molecule has 0 atom stereocenters. The summed E-state index contributed by atoms with van der Waals surface area (Å²) in [4.78, 5) is 11.3. The number of ether oxygens (including phenoxy) is 1. The number of amides is 1. The molecular formula is C10H18N4O2. The molecule has 0 saturated heterocycles. The Morgan fingerprint density at radius 1 is 1.62 bits per heavy atom. The standard InChI is InChI=1S/C10H18N4O2/c1-10(2,3)16-9(15)12-4-5-14-7-8(11)6-13-14/h6-7H,4-5,11H2,1-3H3,(H,12,15). The number of hydrogen-bond donors (Lipinski definition) is 2. The lowest BCUT2D eigenvalue weighted by atomic mass is 10.2. The first kappa shape index (κ1) is 12.4. The molecule has 1 rings (SSSR count). The van der Waals surface area contributed by atoms with Crippen LogP contribution in [0.25, 0.3) is 0 Å². The predicted molar refractivity (Wildman–Crippen MR) is 60.9 cm³/mol. The number of nitrogen functional groups attached to an aromatic ring is 1. The fraction of sp³-hybridized carbons (Fsp3) is 0.600. The fourth-order valence-electron chi connectivity index (χ4n) is 1.09. The lowest BCUT2D eigenvalue weighted by Crippen LogP contribution is -2.34. The van der Waals surface area contributed by atoms with Gasteiger partial charge in [-0.1, -0.05) is 0 Å². The maximum Gasteiger partial charge on any atom is 0.407 e. The molecule has 0 aliphatic heterocycles. The summed E-state index contributed by atoms with van der Waals surface area (Å²) in [6.45, 7) is 6.48. The van der Waals surface area contributed by atoms with E-state index in [-0.39, 0.29) is 0 Å². The number of anilines is 1. The third-order valence-electron chi connectivity index (χ3n) is 1.66. The molecule has 1 heterocycles. The smallest absolute Gasteiger partial charge is 0.407 e. The van der Waals surface area contributed by atoms with E-state index in [1.807, 2.05) is 20.8 Å². The zero-order valence-corrected chi connectivity index (χ0v) is 9.86. The molecule has 0 saturated carbocycles. The number of nitrogens with one attached hydrogen (secondary N) is 1. The van der Waals surface area contributed by atoms with Gasteiger partial charge < -0.3 is 15.8 Å². The van der Waals surface area contributed by atoms with E-state index in [1.165, 1.54) is 0 Å². The van der Waals surface area contributed by atoms with Crippen molar-refractivity contribution in [3.8, 4) is 0 Å². The Morgan fingerprint density at radius 2 is 2.31 bits per heavy atom. The van der Waals surface area contributed by atoms with E-state index in [1.54, 1.807) is 17.1 Å². The molecule has 1 aromatic rings. The maximum atomic E-state index is 11.3. The summed E-state index contributed by atoms with van der Waals surface area (Å²) in [6.07, 6.45) is 2.84. The van der Waals surface area contributed by atoms with E-state index in [0.29, 0.717) is 18.8 Å². The van der Waals surface area contributed by atoms with Gasteiger partial charge in [0.1, 0.15) is 5.60 Å². The highest BCUT2D eigenvalue weighted by Gasteiger charge is 2.15. The third-order valence-corrected chi connectivity index (χ3v) is 1.66. The van der Waals surface area contributed by atoms with Gasteiger partial charge in [0, 0.05) is 12.7 Å². The van der Waals surface area contributed by atoms with E-state index in [2.05, 4.69) is 10.4 Å². The van der Waals surface area contributed by atoms with Gasteiger partial charge in [-0.3, -0.25) is 4.68 Å². The highest BCUT2D eigenvalue weighted by molar-refractivity contribution is 5.67. The van der Waals surface area contributed by atoms with Crippen LogP contribution < -0.4 is 11.1 Å². The van der Waals surface area contributed by atoms with Crippen LogP contribution in [0.2, 0.25) is 0 Å². The van der Waals surface area contributed by atoms with Crippen molar-refractivity contribution in [1.82, 2.24) is 15.1 Å². The molecule has 0 spiro atoms. The fourth-order valence-corrected chi connectivity index (χ4v) is 1.09. The number of carbonyl (C=O) groups excluding carboxylic acids is 1. The first-order valence-electron chi connectivity index (χ1n) is 5.11. The molecular weight excluding hydrogens is 208 g/mol. The van der Waals surface area contributed by atoms with Gasteiger partial charge in [-0.05, 0) is 20.8 Å². The van der Waals surface area contributed by atoms with E-state index < -0.39 is 11.7 Å². The van der Waals surface area contributed by atoms with E-state index in [4.69, 9.17) is 10.5 Å². The molecule has 1 aromatic heterocycles. The molecule has 1 amide bonds. The second-order valence-corrected chi connectivity index (χ2v) is 4.47. The van der Waals surface area contributed by atoms with Gasteiger partial charge in [0.25, 0.3) is 0 Å². The Morgan fingerprint density at radius 3 is 2.81 bits per heavy atom. The summed E-state index contributed by atoms with van der Waals surface area (Å²) in [6, 6.07) is 0. The van der Waals surface area contributed by atoms with Gasteiger partial charge in [-0.15, -0.1) is 0 Å². The van der Waals surface area contributed by atoms with Crippen LogP contribution in [0.15, 0.2) is 12.4 Å². The molecule has 0 aliphatic carbocycles. The number of alkyl carbamates (subject to hydrolysis) is 1. The van der Waals surface area contributed by atoms with E-state index in [9.17, 15) is 4.79 Å². The van der Waals surface area contributed by atoms with Gasteiger partial charge in [0.2, 0.25) is 0 Å². The van der Waals surface area contributed by atoms with Gasteiger partial charge in [-0.25, -0.2) is 4.79 Å². The first-order chi connectivity index (χ1) is 7.37. The highest BCUT2D eigenvalue weighted by Crippen LogP contribution is 2.06. The van der Waals surface area contributed by atoms with Crippen molar-refractivity contribution < 1.29 is 9.53 Å². The third kappa shape index (κ3) is 4.68. The molecule has 3 N–H and O–H groups in total. The van der Waals surface area contributed by atoms with Crippen LogP contribution in [0.3, 0.4) is 0 Å². The van der Waals surface area contributed by atoms with Crippen LogP contribution in [-0.2, 0) is 11.3 Å². The number of aromatic nitrogens is 2. The maximum absolute atomic E-state index is 11.3. The van der Waals surface area contributed by atoms with E-state index in [0.717, 1.165) is 0 Å². The highest BCUT2D eigenvalue weighted by atomic mass is 16.6. The average Bonchev–Trinajstić information content (AvgIpc) is 2.48. The van der Waals surface area contributed by atoms with Gasteiger partial charge in [-0.2, -0.15) is 5.10 Å². The molecule has 0 radical (unpaired) electrons. The molecule has 6 heteroatoms. The Kier molecular flexibility index (Phi) is 3.76. The Hall–Kier alpha value is -1.72. The quantitative estimate of drug-likeness (QED) is 0.805. The van der Waals surface area contributed by atoms with Crippen molar-refractivity contribution in [2.45, 2.75) is 32.9 Å². The Balaban J connectivity index is 2.23. The molecule has 0 fully saturated rings. The minimum atomic E-state index is -0.472. The monoisotopic (exact) mass is 226 g/mol. The summed E-state index contributed by atoms with van der Waals surface area (Å²) >= 11 is 0. The van der Waals surface area contributed by atoms with Crippen LogP contribution in [0, 0.1) is 0 Å². The van der Waals surface area contributed by atoms with E-state index >= 15 is 0 Å². The predicted octanol–water partition coefficient (Wildman–Crippen LogP) is 0.990. The molecule has 0 aromatic carbocycles. The van der Waals surface area contributed by atoms with Gasteiger partial charge in [0.05, 0.1) is 18.4 Å². The average molecular weight is 226 g/mol. The molecule has 0 unspecified atom stereocenters. The molecule has 0 aliphatic rings. The van der Waals surface area contributed by atoms with Crippen molar-refractivity contribution in [2.24, 2.45) is 0 Å². The molecule has 90 valence electrons. The lowest BCUT2D eigenvalue weighted by Gasteiger charge is -2.19. The second kappa shape index (κ2) is 4.87.